The second-order valence-corrected chi connectivity index (χ2v) is 3.97. The van der Waals surface area contributed by atoms with Gasteiger partial charge in [-0.25, -0.2) is 4.79 Å². The maximum atomic E-state index is 11.5. The van der Waals surface area contributed by atoms with Gasteiger partial charge >= 0.3 is 6.03 Å². The number of methoxy groups -OCH3 is 1. The molecule has 5 nitrogen and oxygen atoms in total. The van der Waals surface area contributed by atoms with Crippen molar-refractivity contribution in [2.75, 3.05) is 13.7 Å². The summed E-state index contributed by atoms with van der Waals surface area (Å²) in [6.07, 6.45) is 0. The number of hydrogen-bond acceptors (Lipinski definition) is 3. The van der Waals surface area contributed by atoms with Gasteiger partial charge in [0.25, 0.3) is 0 Å². The minimum absolute atomic E-state index is 0.0333. The largest absolute Gasteiger partial charge is 0.496 e. The summed E-state index contributed by atoms with van der Waals surface area (Å²) in [5.41, 5.74) is 0.627. The van der Waals surface area contributed by atoms with Crippen LogP contribution in [0.2, 0.25) is 5.02 Å². The van der Waals surface area contributed by atoms with E-state index in [0.717, 1.165) is 4.90 Å². The van der Waals surface area contributed by atoms with Crippen LogP contribution in [0.5, 0.6) is 5.75 Å². The van der Waals surface area contributed by atoms with Crippen LogP contribution in [-0.4, -0.2) is 30.5 Å². The number of carbonyl (C=O) groups excluding carboxylic acids is 2. The first kappa shape index (κ1) is 11.7. The van der Waals surface area contributed by atoms with Crippen molar-refractivity contribution in [1.82, 2.24) is 10.2 Å². The molecule has 0 bridgehead atoms. The molecule has 17 heavy (non-hydrogen) atoms. The second-order valence-electron chi connectivity index (χ2n) is 3.56. The predicted molar refractivity (Wildman–Crippen MR) is 62.0 cm³/mol. The molecule has 0 aromatic heterocycles. The zero-order valence-electron chi connectivity index (χ0n) is 9.20. The summed E-state index contributed by atoms with van der Waals surface area (Å²) in [5.74, 6) is 0.293. The van der Waals surface area contributed by atoms with E-state index in [4.69, 9.17) is 16.3 Å². The molecule has 1 heterocycles. The lowest BCUT2D eigenvalue weighted by Crippen LogP contribution is -2.30. The van der Waals surface area contributed by atoms with Crippen molar-refractivity contribution < 1.29 is 14.3 Å². The van der Waals surface area contributed by atoms with Gasteiger partial charge in [0.2, 0.25) is 5.91 Å². The van der Waals surface area contributed by atoms with Gasteiger partial charge < -0.3 is 10.1 Å². The number of halogens is 1. The minimum Gasteiger partial charge on any atom is -0.496 e. The molecule has 90 valence electrons. The van der Waals surface area contributed by atoms with Crippen LogP contribution in [0, 0.1) is 0 Å². The van der Waals surface area contributed by atoms with E-state index in [1.807, 2.05) is 0 Å². The Bertz CT molecular complexity index is 460. The molecule has 0 aliphatic carbocycles. The number of rotatable bonds is 3. The van der Waals surface area contributed by atoms with E-state index in [1.54, 1.807) is 18.2 Å². The summed E-state index contributed by atoms with van der Waals surface area (Å²) in [6.45, 7) is 0.152. The molecule has 2 rings (SSSR count). The zero-order valence-corrected chi connectivity index (χ0v) is 9.95. The van der Waals surface area contributed by atoms with Crippen LogP contribution < -0.4 is 10.1 Å². The smallest absolute Gasteiger partial charge is 0.324 e. The molecule has 6 heteroatoms. The SMILES string of the molecule is COc1cccc(Cl)c1CN1C(=O)CNC1=O. The van der Waals surface area contributed by atoms with Gasteiger partial charge in [-0.2, -0.15) is 0 Å². The van der Waals surface area contributed by atoms with Gasteiger partial charge in [0, 0.05) is 10.6 Å². The Hall–Kier alpha value is -1.75. The van der Waals surface area contributed by atoms with Gasteiger partial charge in [-0.05, 0) is 12.1 Å². The molecule has 0 unspecified atom stereocenters. The monoisotopic (exact) mass is 254 g/mol. The first-order chi connectivity index (χ1) is 8.13. The Morgan fingerprint density at radius 1 is 1.47 bits per heavy atom. The van der Waals surface area contributed by atoms with Gasteiger partial charge in [0.05, 0.1) is 20.2 Å². The molecule has 0 radical (unpaired) electrons. The number of benzene rings is 1. The summed E-state index contributed by atoms with van der Waals surface area (Å²) in [5, 5.41) is 2.92. The molecule has 0 atom stereocenters. The Balaban J connectivity index is 2.29. The normalized spacial score (nSPS) is 15.1. The number of urea groups is 1. The maximum Gasteiger partial charge on any atom is 0.324 e. The highest BCUT2D eigenvalue weighted by atomic mass is 35.5. The molecular formula is C11H11ClN2O3. The number of imide groups is 1. The summed E-state index contributed by atoms with van der Waals surface area (Å²) in [7, 11) is 1.51. The summed E-state index contributed by atoms with van der Waals surface area (Å²) in [6, 6.07) is 4.77. The van der Waals surface area contributed by atoms with Crippen LogP contribution in [0.25, 0.3) is 0 Å². The molecular weight excluding hydrogens is 244 g/mol. The third-order valence-corrected chi connectivity index (χ3v) is 2.90. The fraction of sp³-hybridized carbons (Fsp3) is 0.273. The zero-order chi connectivity index (χ0) is 12.4. The van der Waals surface area contributed by atoms with Gasteiger partial charge in [0.15, 0.2) is 0 Å². The number of hydrogen-bond donors (Lipinski definition) is 1. The third kappa shape index (κ3) is 2.19. The summed E-state index contributed by atoms with van der Waals surface area (Å²) < 4.78 is 5.15. The molecule has 3 amide bonds. The highest BCUT2D eigenvalue weighted by molar-refractivity contribution is 6.31. The van der Waals surface area contributed by atoms with Gasteiger partial charge in [-0.1, -0.05) is 17.7 Å². The van der Waals surface area contributed by atoms with E-state index in [9.17, 15) is 9.59 Å². The molecule has 0 saturated carbocycles. The quantitative estimate of drug-likeness (QED) is 0.830. The maximum absolute atomic E-state index is 11.5. The number of carbonyl (C=O) groups is 2. The van der Waals surface area contributed by atoms with E-state index in [1.165, 1.54) is 7.11 Å². The molecule has 1 aliphatic rings. The topological polar surface area (TPSA) is 58.6 Å². The van der Waals surface area contributed by atoms with Crippen molar-refractivity contribution in [3.05, 3.63) is 28.8 Å². The predicted octanol–water partition coefficient (Wildman–Crippen LogP) is 1.40. The Kier molecular flexibility index (Phi) is 3.19. The fourth-order valence-corrected chi connectivity index (χ4v) is 1.88. The number of amides is 3. The van der Waals surface area contributed by atoms with Crippen molar-refractivity contribution >= 4 is 23.5 Å². The van der Waals surface area contributed by atoms with Crippen molar-refractivity contribution in [3.63, 3.8) is 0 Å². The van der Waals surface area contributed by atoms with E-state index in [-0.39, 0.29) is 19.0 Å². The van der Waals surface area contributed by atoms with Crippen LogP contribution in [-0.2, 0) is 11.3 Å². The average Bonchev–Trinajstić information content (AvgIpc) is 2.63. The minimum atomic E-state index is -0.406. The lowest BCUT2D eigenvalue weighted by molar-refractivity contribution is -0.125. The standard InChI is InChI=1S/C11H11ClN2O3/c1-17-9-4-2-3-8(12)7(9)6-14-10(15)5-13-11(14)16/h2-4H,5-6H2,1H3,(H,13,16). The van der Waals surface area contributed by atoms with Crippen LogP contribution >= 0.6 is 11.6 Å². The highest BCUT2D eigenvalue weighted by Crippen LogP contribution is 2.28. The first-order valence-corrected chi connectivity index (χ1v) is 5.41. The Labute approximate surface area is 103 Å². The lowest BCUT2D eigenvalue weighted by atomic mass is 10.2. The molecule has 1 saturated heterocycles. The average molecular weight is 255 g/mol. The van der Waals surface area contributed by atoms with Crippen LogP contribution in [0.15, 0.2) is 18.2 Å². The molecule has 1 aromatic rings. The van der Waals surface area contributed by atoms with Crippen molar-refractivity contribution in [2.45, 2.75) is 6.54 Å². The Morgan fingerprint density at radius 3 is 2.82 bits per heavy atom. The first-order valence-electron chi connectivity index (χ1n) is 5.03. The summed E-state index contributed by atoms with van der Waals surface area (Å²) >= 11 is 6.03. The van der Waals surface area contributed by atoms with E-state index in [2.05, 4.69) is 5.32 Å². The van der Waals surface area contributed by atoms with E-state index >= 15 is 0 Å². The lowest BCUT2D eigenvalue weighted by Gasteiger charge is -2.16. The highest BCUT2D eigenvalue weighted by Gasteiger charge is 2.29. The number of nitrogens with one attached hydrogen (secondary N) is 1. The molecule has 1 aliphatic heterocycles. The van der Waals surface area contributed by atoms with Gasteiger partial charge in [0.1, 0.15) is 5.75 Å². The fourth-order valence-electron chi connectivity index (χ4n) is 1.66. The van der Waals surface area contributed by atoms with E-state index < -0.39 is 6.03 Å². The third-order valence-electron chi connectivity index (χ3n) is 2.55. The van der Waals surface area contributed by atoms with E-state index in [0.29, 0.717) is 16.3 Å². The van der Waals surface area contributed by atoms with Crippen LogP contribution in [0.4, 0.5) is 4.79 Å². The molecule has 0 spiro atoms. The molecule has 1 N–H and O–H groups in total. The van der Waals surface area contributed by atoms with Gasteiger partial charge in [-0.3, -0.25) is 9.69 Å². The number of nitrogens with zero attached hydrogens (tertiary/aromatic N) is 1. The van der Waals surface area contributed by atoms with Crippen LogP contribution in [0.1, 0.15) is 5.56 Å². The second kappa shape index (κ2) is 4.63. The Morgan fingerprint density at radius 2 is 2.24 bits per heavy atom. The van der Waals surface area contributed by atoms with Crippen molar-refractivity contribution in [3.8, 4) is 5.75 Å². The van der Waals surface area contributed by atoms with Gasteiger partial charge in [-0.15, -0.1) is 0 Å². The van der Waals surface area contributed by atoms with Crippen molar-refractivity contribution in [2.24, 2.45) is 0 Å². The van der Waals surface area contributed by atoms with Crippen molar-refractivity contribution in [1.29, 1.82) is 0 Å². The molecule has 1 aromatic carbocycles. The number of ether oxygens (including phenoxy) is 1. The van der Waals surface area contributed by atoms with Crippen LogP contribution in [0.3, 0.4) is 0 Å². The summed E-state index contributed by atoms with van der Waals surface area (Å²) in [4.78, 5) is 24.0. The molecule has 1 fully saturated rings.